The van der Waals surface area contributed by atoms with Gasteiger partial charge in [-0.1, -0.05) is 25.1 Å². The van der Waals surface area contributed by atoms with Crippen LogP contribution in [0.4, 0.5) is 5.69 Å². The van der Waals surface area contributed by atoms with Crippen LogP contribution < -0.4 is 20.5 Å². The summed E-state index contributed by atoms with van der Waals surface area (Å²) in [5, 5.41) is 3.17. The number of anilines is 1. The van der Waals surface area contributed by atoms with Crippen molar-refractivity contribution < 1.29 is 9.47 Å². The maximum Gasteiger partial charge on any atom is 0.193 e. The van der Waals surface area contributed by atoms with Crippen molar-refractivity contribution in [2.24, 2.45) is 10.7 Å². The molecule has 6 nitrogen and oxygen atoms in total. The first-order valence-corrected chi connectivity index (χ1v) is 9.02. The second kappa shape index (κ2) is 11.8. The van der Waals surface area contributed by atoms with Gasteiger partial charge in [0.05, 0.1) is 26.8 Å². The number of methoxy groups -OCH3 is 2. The van der Waals surface area contributed by atoms with Crippen LogP contribution in [0, 0.1) is 0 Å². The Morgan fingerprint density at radius 2 is 1.82 bits per heavy atom. The van der Waals surface area contributed by atoms with Gasteiger partial charge in [0.15, 0.2) is 17.5 Å². The van der Waals surface area contributed by atoms with E-state index in [1.807, 2.05) is 44.4 Å². The Morgan fingerprint density at radius 1 is 1.11 bits per heavy atom. The summed E-state index contributed by atoms with van der Waals surface area (Å²) in [5.74, 6) is 1.81. The van der Waals surface area contributed by atoms with Gasteiger partial charge >= 0.3 is 0 Å². The topological polar surface area (TPSA) is 72.1 Å². The van der Waals surface area contributed by atoms with Crippen molar-refractivity contribution in [2.45, 2.75) is 19.4 Å². The van der Waals surface area contributed by atoms with E-state index in [0.717, 1.165) is 17.7 Å². The number of ether oxygens (including phenoxy) is 2. The molecule has 2 aromatic carbocycles. The first kappa shape index (κ1) is 24.0. The molecule has 3 N–H and O–H groups in total. The molecule has 0 saturated heterocycles. The maximum absolute atomic E-state index is 6.10. The van der Waals surface area contributed by atoms with E-state index in [9.17, 15) is 0 Å². The van der Waals surface area contributed by atoms with E-state index in [1.54, 1.807) is 14.2 Å². The maximum atomic E-state index is 6.10. The fourth-order valence-electron chi connectivity index (χ4n) is 2.87. The number of guanidine groups is 1. The van der Waals surface area contributed by atoms with Crippen LogP contribution in [0.3, 0.4) is 0 Å². The average molecular weight is 498 g/mol. The molecule has 1 unspecified atom stereocenters. The van der Waals surface area contributed by atoms with Crippen molar-refractivity contribution in [1.82, 2.24) is 4.90 Å². The summed E-state index contributed by atoms with van der Waals surface area (Å²) in [7, 11) is 7.30. The summed E-state index contributed by atoms with van der Waals surface area (Å²) >= 11 is 0. The van der Waals surface area contributed by atoms with Crippen molar-refractivity contribution in [3.8, 4) is 11.5 Å². The van der Waals surface area contributed by atoms with Gasteiger partial charge in [-0.3, -0.25) is 4.99 Å². The molecule has 2 aromatic rings. The lowest BCUT2D eigenvalue weighted by molar-refractivity contribution is 0.303. The Kier molecular flexibility index (Phi) is 10.1. The van der Waals surface area contributed by atoms with Gasteiger partial charge in [0, 0.05) is 5.69 Å². The molecule has 0 aliphatic carbocycles. The number of halogens is 1. The van der Waals surface area contributed by atoms with E-state index in [0.29, 0.717) is 24.0 Å². The predicted octanol–water partition coefficient (Wildman–Crippen LogP) is 3.91. The zero-order valence-corrected chi connectivity index (χ0v) is 19.6. The van der Waals surface area contributed by atoms with Crippen LogP contribution in [-0.2, 0) is 6.42 Å². The number of benzene rings is 2. The third kappa shape index (κ3) is 6.56. The normalized spacial score (nSPS) is 12.3. The highest BCUT2D eigenvalue weighted by Gasteiger charge is 2.16. The summed E-state index contributed by atoms with van der Waals surface area (Å²) in [6.07, 6.45) is 0.981. The zero-order valence-electron chi connectivity index (χ0n) is 17.2. The number of nitrogens with one attached hydrogen (secondary N) is 1. The third-order valence-corrected chi connectivity index (χ3v) is 4.46. The van der Waals surface area contributed by atoms with E-state index in [-0.39, 0.29) is 30.0 Å². The molecule has 154 valence electrons. The standard InChI is InChI=1S/C21H30N4O2.HI/c1-6-15-8-7-9-17(12-15)24-21(22)23-14-18(25(2)3)16-10-11-19(26-4)20(13-16)27-5;/h7-13,18H,6,14H2,1-5H3,(H3,22,23,24);1H. The smallest absolute Gasteiger partial charge is 0.193 e. The van der Waals surface area contributed by atoms with E-state index in [2.05, 4.69) is 34.3 Å². The Balaban J connectivity index is 0.00000392. The van der Waals surface area contributed by atoms with Gasteiger partial charge in [-0.15, -0.1) is 24.0 Å². The summed E-state index contributed by atoms with van der Waals surface area (Å²) in [6.45, 7) is 2.65. The van der Waals surface area contributed by atoms with Gasteiger partial charge in [0.2, 0.25) is 0 Å². The molecule has 0 fully saturated rings. The lowest BCUT2D eigenvalue weighted by Gasteiger charge is -2.24. The Hall–Kier alpha value is -2.00. The minimum absolute atomic E-state index is 0. The van der Waals surface area contributed by atoms with Gasteiger partial charge in [0.1, 0.15) is 0 Å². The molecule has 1 atom stereocenters. The zero-order chi connectivity index (χ0) is 19.8. The summed E-state index contributed by atoms with van der Waals surface area (Å²) in [6, 6.07) is 14.2. The summed E-state index contributed by atoms with van der Waals surface area (Å²) in [4.78, 5) is 6.65. The Bertz CT molecular complexity index is 781. The largest absolute Gasteiger partial charge is 0.493 e. The molecule has 0 radical (unpaired) electrons. The summed E-state index contributed by atoms with van der Waals surface area (Å²) in [5.41, 5.74) is 9.39. The Labute approximate surface area is 185 Å². The fraction of sp³-hybridized carbons (Fsp3) is 0.381. The number of hydrogen-bond donors (Lipinski definition) is 2. The molecule has 0 amide bonds. The van der Waals surface area contributed by atoms with Gasteiger partial charge in [0.25, 0.3) is 0 Å². The predicted molar refractivity (Wildman–Crippen MR) is 127 cm³/mol. The van der Waals surface area contributed by atoms with Crippen molar-refractivity contribution >= 4 is 35.6 Å². The number of aliphatic imine (C=N–C) groups is 1. The van der Waals surface area contributed by atoms with Crippen molar-refractivity contribution in [2.75, 3.05) is 40.2 Å². The van der Waals surface area contributed by atoms with E-state index in [4.69, 9.17) is 15.2 Å². The van der Waals surface area contributed by atoms with Crippen LogP contribution in [0.25, 0.3) is 0 Å². The van der Waals surface area contributed by atoms with Crippen LogP contribution in [0.5, 0.6) is 11.5 Å². The number of likely N-dealkylation sites (N-methyl/N-ethyl adjacent to an activating group) is 1. The highest BCUT2D eigenvalue weighted by Crippen LogP contribution is 2.31. The van der Waals surface area contributed by atoms with Crippen molar-refractivity contribution in [3.63, 3.8) is 0 Å². The van der Waals surface area contributed by atoms with Crippen LogP contribution >= 0.6 is 24.0 Å². The molecule has 0 aliphatic rings. The molecule has 0 spiro atoms. The number of hydrogen-bond acceptors (Lipinski definition) is 4. The quantitative estimate of drug-likeness (QED) is 0.328. The van der Waals surface area contributed by atoms with Crippen LogP contribution in [0.2, 0.25) is 0 Å². The third-order valence-electron chi connectivity index (χ3n) is 4.46. The monoisotopic (exact) mass is 498 g/mol. The molecule has 28 heavy (non-hydrogen) atoms. The lowest BCUT2D eigenvalue weighted by atomic mass is 10.1. The molecule has 0 heterocycles. The van der Waals surface area contributed by atoms with Crippen LogP contribution in [-0.4, -0.2) is 45.7 Å². The van der Waals surface area contributed by atoms with E-state index >= 15 is 0 Å². The van der Waals surface area contributed by atoms with Gasteiger partial charge in [-0.25, -0.2) is 0 Å². The fourth-order valence-corrected chi connectivity index (χ4v) is 2.87. The van der Waals surface area contributed by atoms with Crippen LogP contribution in [0.15, 0.2) is 47.5 Å². The first-order valence-electron chi connectivity index (χ1n) is 9.02. The highest BCUT2D eigenvalue weighted by atomic mass is 127. The molecule has 7 heteroatoms. The second-order valence-electron chi connectivity index (χ2n) is 6.50. The molecular formula is C21H31IN4O2. The van der Waals surface area contributed by atoms with Gasteiger partial charge in [-0.05, 0) is 55.9 Å². The van der Waals surface area contributed by atoms with Gasteiger partial charge < -0.3 is 25.4 Å². The van der Waals surface area contributed by atoms with Gasteiger partial charge in [-0.2, -0.15) is 0 Å². The lowest BCUT2D eigenvalue weighted by Crippen LogP contribution is -2.27. The van der Waals surface area contributed by atoms with E-state index < -0.39 is 0 Å². The minimum atomic E-state index is 0. The molecular weight excluding hydrogens is 467 g/mol. The molecule has 0 aromatic heterocycles. The summed E-state index contributed by atoms with van der Waals surface area (Å²) < 4.78 is 10.7. The van der Waals surface area contributed by atoms with E-state index in [1.165, 1.54) is 5.56 Å². The van der Waals surface area contributed by atoms with Crippen molar-refractivity contribution in [3.05, 3.63) is 53.6 Å². The molecule has 0 aliphatic heterocycles. The molecule has 2 rings (SSSR count). The van der Waals surface area contributed by atoms with Crippen LogP contribution in [0.1, 0.15) is 24.1 Å². The Morgan fingerprint density at radius 3 is 2.43 bits per heavy atom. The second-order valence-corrected chi connectivity index (χ2v) is 6.50. The first-order chi connectivity index (χ1) is 13.0. The highest BCUT2D eigenvalue weighted by molar-refractivity contribution is 14.0. The molecule has 0 saturated carbocycles. The number of nitrogens with zero attached hydrogens (tertiary/aromatic N) is 2. The SMILES string of the molecule is CCc1cccc(NC(N)=NCC(c2ccc(OC)c(OC)c2)N(C)C)c1.I. The number of rotatable bonds is 8. The number of nitrogens with two attached hydrogens (primary N) is 1. The minimum Gasteiger partial charge on any atom is -0.493 e. The number of aryl methyl sites for hydroxylation is 1. The molecule has 0 bridgehead atoms. The van der Waals surface area contributed by atoms with Crippen molar-refractivity contribution in [1.29, 1.82) is 0 Å². The average Bonchev–Trinajstić information content (AvgIpc) is 2.67.